The van der Waals surface area contributed by atoms with Crippen LogP contribution < -0.4 is 5.32 Å². The van der Waals surface area contributed by atoms with Crippen molar-refractivity contribution in [3.8, 4) is 0 Å². The van der Waals surface area contributed by atoms with E-state index in [4.69, 9.17) is 39.5 Å². The minimum Gasteiger partial charge on any atom is -0.444 e. The fourth-order valence-corrected chi connectivity index (χ4v) is 4.68. The Hall–Kier alpha value is -1.84. The van der Waals surface area contributed by atoms with E-state index in [1.165, 1.54) is 0 Å². The second-order valence-electron chi connectivity index (χ2n) is 10.3. The van der Waals surface area contributed by atoms with Gasteiger partial charge in [0.05, 0.1) is 34.1 Å². The van der Waals surface area contributed by atoms with E-state index >= 15 is 0 Å². The van der Waals surface area contributed by atoms with Gasteiger partial charge in [-0.25, -0.2) is 9.78 Å². The van der Waals surface area contributed by atoms with Gasteiger partial charge in [0.15, 0.2) is 5.15 Å². The molecule has 36 heavy (non-hydrogen) atoms. The van der Waals surface area contributed by atoms with Crippen LogP contribution in [0.15, 0.2) is 12.3 Å². The number of nitrogens with zero attached hydrogens (tertiary/aromatic N) is 4. The van der Waals surface area contributed by atoms with Gasteiger partial charge in [0, 0.05) is 37.9 Å². The van der Waals surface area contributed by atoms with Gasteiger partial charge < -0.3 is 20.1 Å². The number of aryl methyl sites for hydroxylation is 1. The molecule has 0 aromatic carbocycles. The first-order valence-electron chi connectivity index (χ1n) is 11.9. The number of ether oxygens (including phenoxy) is 1. The molecule has 2 aromatic rings. The van der Waals surface area contributed by atoms with Crippen molar-refractivity contribution < 1.29 is 14.6 Å². The molecule has 1 amide bonds. The number of pyridine rings is 2. The van der Waals surface area contributed by atoms with Crippen LogP contribution in [0.3, 0.4) is 0 Å². The van der Waals surface area contributed by atoms with E-state index in [0.717, 1.165) is 16.9 Å². The van der Waals surface area contributed by atoms with E-state index in [-0.39, 0.29) is 33.8 Å². The lowest BCUT2D eigenvalue weighted by Gasteiger charge is -2.41. The zero-order chi connectivity index (χ0) is 26.8. The monoisotopic (exact) mass is 557 g/mol. The fraction of sp³-hybridized carbons (Fsp3) is 0.560. The standard InChI is InChI=1S/C25H34Cl3N5O3/c1-14(2)20-21(15(3)7-8-29-20)30-23-17(18(26)19(27)22(28)31-23)12-32-9-10-33(11-16(32)13-34)24(35)36-25(4,5)6/h7-8,14,16,34H,9-13H2,1-6H3,(H,30,31)/t16-/m1/s1. The molecule has 0 bridgehead atoms. The Morgan fingerprint density at radius 3 is 2.56 bits per heavy atom. The minimum absolute atomic E-state index is 0.0917. The normalized spacial score (nSPS) is 17.0. The summed E-state index contributed by atoms with van der Waals surface area (Å²) in [5.41, 5.74) is 2.78. The summed E-state index contributed by atoms with van der Waals surface area (Å²) in [6.07, 6.45) is 1.38. The van der Waals surface area contributed by atoms with Crippen LogP contribution in [-0.2, 0) is 11.3 Å². The molecule has 1 aliphatic heterocycles. The van der Waals surface area contributed by atoms with Crippen LogP contribution in [0.4, 0.5) is 16.3 Å². The second-order valence-corrected chi connectivity index (χ2v) is 11.4. The summed E-state index contributed by atoms with van der Waals surface area (Å²) >= 11 is 19.4. The molecule has 3 rings (SSSR count). The molecule has 2 N–H and O–H groups in total. The van der Waals surface area contributed by atoms with Gasteiger partial charge in [-0.1, -0.05) is 48.7 Å². The maximum atomic E-state index is 12.6. The SMILES string of the molecule is Cc1ccnc(C(C)C)c1Nc1nc(Cl)c(Cl)c(Cl)c1CN1CCN(C(=O)OC(C)(C)C)C[C@@H]1CO. The molecule has 3 heterocycles. The van der Waals surface area contributed by atoms with Crippen LogP contribution in [0.2, 0.25) is 15.2 Å². The number of carbonyl (C=O) groups excluding carboxylic acids is 1. The van der Waals surface area contributed by atoms with Crippen molar-refractivity contribution in [2.75, 3.05) is 31.6 Å². The Morgan fingerprint density at radius 1 is 1.25 bits per heavy atom. The summed E-state index contributed by atoms with van der Waals surface area (Å²) in [6.45, 7) is 13.1. The molecular weight excluding hydrogens is 525 g/mol. The van der Waals surface area contributed by atoms with Crippen molar-refractivity contribution in [2.24, 2.45) is 0 Å². The smallest absolute Gasteiger partial charge is 0.410 e. The van der Waals surface area contributed by atoms with E-state index in [1.54, 1.807) is 11.1 Å². The lowest BCUT2D eigenvalue weighted by atomic mass is 10.0. The second kappa shape index (κ2) is 11.7. The highest BCUT2D eigenvalue weighted by Crippen LogP contribution is 2.39. The molecule has 11 heteroatoms. The predicted octanol–water partition coefficient (Wildman–Crippen LogP) is 6.03. The van der Waals surface area contributed by atoms with Crippen LogP contribution in [0.25, 0.3) is 0 Å². The number of rotatable bonds is 6. The third-order valence-corrected chi connectivity index (χ3v) is 7.19. The van der Waals surface area contributed by atoms with Crippen molar-refractivity contribution in [3.63, 3.8) is 0 Å². The highest BCUT2D eigenvalue weighted by molar-refractivity contribution is 6.48. The van der Waals surface area contributed by atoms with Crippen molar-refractivity contribution in [1.82, 2.24) is 19.8 Å². The zero-order valence-corrected chi connectivity index (χ0v) is 23.8. The Kier molecular flexibility index (Phi) is 9.33. The summed E-state index contributed by atoms with van der Waals surface area (Å²) in [6, 6.07) is 1.60. The number of hydrogen-bond donors (Lipinski definition) is 2. The Morgan fingerprint density at radius 2 is 1.94 bits per heavy atom. The Bertz CT molecular complexity index is 1110. The Labute approximate surface area is 227 Å². The van der Waals surface area contributed by atoms with E-state index in [0.29, 0.717) is 37.6 Å². The zero-order valence-electron chi connectivity index (χ0n) is 21.5. The summed E-state index contributed by atoms with van der Waals surface area (Å²) in [7, 11) is 0. The van der Waals surface area contributed by atoms with Gasteiger partial charge in [-0.2, -0.15) is 0 Å². The molecule has 198 valence electrons. The molecule has 0 spiro atoms. The number of anilines is 2. The third kappa shape index (κ3) is 6.72. The highest BCUT2D eigenvalue weighted by atomic mass is 35.5. The first-order valence-corrected chi connectivity index (χ1v) is 13.0. The topological polar surface area (TPSA) is 90.8 Å². The van der Waals surface area contributed by atoms with Crippen LogP contribution in [0, 0.1) is 6.92 Å². The number of aromatic nitrogens is 2. The first-order chi connectivity index (χ1) is 16.8. The van der Waals surface area contributed by atoms with E-state index in [9.17, 15) is 9.90 Å². The number of hydrogen-bond acceptors (Lipinski definition) is 7. The predicted molar refractivity (Wildman–Crippen MR) is 145 cm³/mol. The number of amides is 1. The van der Waals surface area contributed by atoms with E-state index in [1.807, 2.05) is 33.8 Å². The van der Waals surface area contributed by atoms with Crippen LogP contribution in [0.5, 0.6) is 0 Å². The van der Waals surface area contributed by atoms with Crippen LogP contribution >= 0.6 is 34.8 Å². The van der Waals surface area contributed by atoms with E-state index < -0.39 is 11.7 Å². The van der Waals surface area contributed by atoms with Crippen LogP contribution in [-0.4, -0.2) is 68.9 Å². The van der Waals surface area contributed by atoms with Gasteiger partial charge in [-0.05, 0) is 45.2 Å². The molecular formula is C25H34Cl3N5O3. The summed E-state index contributed by atoms with van der Waals surface area (Å²) in [4.78, 5) is 25.3. The molecule has 0 radical (unpaired) electrons. The van der Waals surface area contributed by atoms with Gasteiger partial charge in [-0.3, -0.25) is 9.88 Å². The van der Waals surface area contributed by atoms with Gasteiger partial charge in [0.1, 0.15) is 11.4 Å². The Balaban J connectivity index is 1.91. The van der Waals surface area contributed by atoms with Crippen molar-refractivity contribution >= 4 is 52.4 Å². The van der Waals surface area contributed by atoms with Crippen LogP contribution in [0.1, 0.15) is 57.4 Å². The summed E-state index contributed by atoms with van der Waals surface area (Å²) in [5, 5.41) is 14.1. The molecule has 1 aliphatic rings. The molecule has 0 aliphatic carbocycles. The molecule has 1 saturated heterocycles. The minimum atomic E-state index is -0.595. The number of aliphatic hydroxyl groups excluding tert-OH is 1. The van der Waals surface area contributed by atoms with E-state index in [2.05, 4.69) is 34.0 Å². The number of halogens is 3. The maximum Gasteiger partial charge on any atom is 0.410 e. The molecule has 8 nitrogen and oxygen atoms in total. The average molecular weight is 559 g/mol. The molecule has 1 atom stereocenters. The van der Waals surface area contributed by atoms with Crippen molar-refractivity contribution in [3.05, 3.63) is 44.3 Å². The number of aliphatic hydroxyl groups is 1. The number of piperazine rings is 1. The van der Waals surface area contributed by atoms with Crippen molar-refractivity contribution in [2.45, 2.75) is 65.6 Å². The number of carbonyl (C=O) groups is 1. The quantitative estimate of drug-likeness (QED) is 0.419. The molecule has 2 aromatic heterocycles. The molecule has 0 saturated carbocycles. The van der Waals surface area contributed by atoms with Gasteiger partial charge in [0.25, 0.3) is 0 Å². The summed E-state index contributed by atoms with van der Waals surface area (Å²) < 4.78 is 5.51. The van der Waals surface area contributed by atoms with Gasteiger partial charge >= 0.3 is 6.09 Å². The van der Waals surface area contributed by atoms with Gasteiger partial charge in [0.2, 0.25) is 0 Å². The summed E-state index contributed by atoms with van der Waals surface area (Å²) in [5.74, 6) is 0.646. The highest BCUT2D eigenvalue weighted by Gasteiger charge is 2.33. The first kappa shape index (κ1) is 28.7. The average Bonchev–Trinajstić information content (AvgIpc) is 2.80. The molecule has 1 fully saturated rings. The molecule has 0 unspecified atom stereocenters. The lowest BCUT2D eigenvalue weighted by molar-refractivity contribution is -0.00608. The van der Waals surface area contributed by atoms with Gasteiger partial charge in [-0.15, -0.1) is 0 Å². The maximum absolute atomic E-state index is 12.6. The van der Waals surface area contributed by atoms with Crippen molar-refractivity contribution in [1.29, 1.82) is 0 Å². The lowest BCUT2D eigenvalue weighted by Crippen LogP contribution is -2.56. The number of nitrogens with one attached hydrogen (secondary N) is 1. The third-order valence-electron chi connectivity index (χ3n) is 5.94. The largest absolute Gasteiger partial charge is 0.444 e. The fourth-order valence-electron chi connectivity index (χ4n) is 4.06.